The van der Waals surface area contributed by atoms with Crippen LogP contribution in [0.5, 0.6) is 0 Å². The Labute approximate surface area is 108 Å². The van der Waals surface area contributed by atoms with E-state index < -0.39 is 0 Å². The first-order chi connectivity index (χ1) is 8.27. The number of nitrogens with one attached hydrogen (secondary N) is 1. The standard InChI is InChI=1S/C14H31N3/c1-4-8-14(13-15-5-2)16(3)11-12-17-9-6-7-10-17/h14-15H,4-13H2,1-3H3. The summed E-state index contributed by atoms with van der Waals surface area (Å²) in [5, 5.41) is 3.49. The first-order valence-corrected chi connectivity index (χ1v) is 7.41. The van der Waals surface area contributed by atoms with E-state index in [-0.39, 0.29) is 0 Å². The van der Waals surface area contributed by atoms with E-state index in [4.69, 9.17) is 0 Å². The van der Waals surface area contributed by atoms with Crippen LogP contribution in [0.3, 0.4) is 0 Å². The summed E-state index contributed by atoms with van der Waals surface area (Å²) in [5.74, 6) is 0. The molecule has 0 saturated carbocycles. The van der Waals surface area contributed by atoms with Crippen molar-refractivity contribution in [3.8, 4) is 0 Å². The number of nitrogens with zero attached hydrogens (tertiary/aromatic N) is 2. The first kappa shape index (κ1) is 14.9. The highest BCUT2D eigenvalue weighted by molar-refractivity contribution is 4.73. The Hall–Kier alpha value is -0.120. The molecule has 3 nitrogen and oxygen atoms in total. The third kappa shape index (κ3) is 5.84. The maximum Gasteiger partial charge on any atom is 0.0218 e. The molecule has 0 aromatic rings. The lowest BCUT2D eigenvalue weighted by molar-refractivity contribution is 0.193. The summed E-state index contributed by atoms with van der Waals surface area (Å²) in [6.45, 7) is 11.8. The Morgan fingerprint density at radius 3 is 2.53 bits per heavy atom. The Balaban J connectivity index is 2.22. The van der Waals surface area contributed by atoms with E-state index in [1.165, 1.54) is 51.9 Å². The Morgan fingerprint density at radius 2 is 1.94 bits per heavy atom. The summed E-state index contributed by atoms with van der Waals surface area (Å²) in [5.41, 5.74) is 0. The fraction of sp³-hybridized carbons (Fsp3) is 1.00. The van der Waals surface area contributed by atoms with E-state index in [1.807, 2.05) is 0 Å². The maximum atomic E-state index is 3.49. The molecule has 1 fully saturated rings. The van der Waals surface area contributed by atoms with Crippen molar-refractivity contribution in [1.82, 2.24) is 15.1 Å². The average molecular weight is 241 g/mol. The van der Waals surface area contributed by atoms with E-state index >= 15 is 0 Å². The van der Waals surface area contributed by atoms with Gasteiger partial charge < -0.3 is 15.1 Å². The van der Waals surface area contributed by atoms with Gasteiger partial charge in [-0.25, -0.2) is 0 Å². The molecule has 1 heterocycles. The van der Waals surface area contributed by atoms with Gasteiger partial charge in [0.25, 0.3) is 0 Å². The highest BCUT2D eigenvalue weighted by Gasteiger charge is 2.16. The van der Waals surface area contributed by atoms with Crippen LogP contribution in [0, 0.1) is 0 Å². The molecule has 0 aromatic heterocycles. The minimum atomic E-state index is 0.711. The smallest absolute Gasteiger partial charge is 0.0218 e. The molecule has 1 N–H and O–H groups in total. The van der Waals surface area contributed by atoms with Gasteiger partial charge >= 0.3 is 0 Å². The van der Waals surface area contributed by atoms with Gasteiger partial charge in [0, 0.05) is 25.7 Å². The van der Waals surface area contributed by atoms with Crippen LogP contribution in [-0.2, 0) is 0 Å². The second-order valence-corrected chi connectivity index (χ2v) is 5.28. The van der Waals surface area contributed by atoms with Gasteiger partial charge in [0.2, 0.25) is 0 Å². The second-order valence-electron chi connectivity index (χ2n) is 5.28. The molecule has 0 amide bonds. The largest absolute Gasteiger partial charge is 0.315 e. The van der Waals surface area contributed by atoms with Crippen molar-refractivity contribution in [3.63, 3.8) is 0 Å². The second kappa shape index (κ2) is 8.90. The van der Waals surface area contributed by atoms with Crippen molar-refractivity contribution < 1.29 is 0 Å². The van der Waals surface area contributed by atoms with Gasteiger partial charge in [0.05, 0.1) is 0 Å². The van der Waals surface area contributed by atoms with Crippen LogP contribution in [-0.4, -0.2) is 62.2 Å². The van der Waals surface area contributed by atoms with Gasteiger partial charge in [0.1, 0.15) is 0 Å². The van der Waals surface area contributed by atoms with E-state index in [9.17, 15) is 0 Å². The topological polar surface area (TPSA) is 18.5 Å². The first-order valence-electron chi connectivity index (χ1n) is 7.41. The van der Waals surface area contributed by atoms with Gasteiger partial charge in [0.15, 0.2) is 0 Å². The average Bonchev–Trinajstić information content (AvgIpc) is 2.84. The van der Waals surface area contributed by atoms with E-state index in [0.29, 0.717) is 6.04 Å². The zero-order chi connectivity index (χ0) is 12.5. The molecule has 0 radical (unpaired) electrons. The van der Waals surface area contributed by atoms with E-state index in [2.05, 4.69) is 36.0 Å². The molecule has 1 saturated heterocycles. The summed E-state index contributed by atoms with van der Waals surface area (Å²) < 4.78 is 0. The van der Waals surface area contributed by atoms with Crippen LogP contribution >= 0.6 is 0 Å². The van der Waals surface area contributed by atoms with Crippen molar-refractivity contribution in [2.24, 2.45) is 0 Å². The predicted octanol–water partition coefficient (Wildman–Crippen LogP) is 1.79. The molecule has 3 heteroatoms. The van der Waals surface area contributed by atoms with Crippen LogP contribution in [0.15, 0.2) is 0 Å². The summed E-state index contributed by atoms with van der Waals surface area (Å²) in [6, 6.07) is 0.711. The summed E-state index contributed by atoms with van der Waals surface area (Å²) >= 11 is 0. The number of likely N-dealkylation sites (N-methyl/N-ethyl adjacent to an activating group) is 2. The number of hydrogen-bond acceptors (Lipinski definition) is 3. The van der Waals surface area contributed by atoms with Crippen molar-refractivity contribution in [1.29, 1.82) is 0 Å². The van der Waals surface area contributed by atoms with Crippen LogP contribution in [0.1, 0.15) is 39.5 Å². The van der Waals surface area contributed by atoms with E-state index in [1.54, 1.807) is 0 Å². The minimum Gasteiger partial charge on any atom is -0.315 e. The molecule has 1 rings (SSSR count). The molecule has 1 aliphatic heterocycles. The molecule has 0 aliphatic carbocycles. The molecular weight excluding hydrogens is 210 g/mol. The van der Waals surface area contributed by atoms with Crippen molar-refractivity contribution in [2.45, 2.75) is 45.6 Å². The molecule has 102 valence electrons. The molecule has 17 heavy (non-hydrogen) atoms. The van der Waals surface area contributed by atoms with Gasteiger partial charge in [-0.15, -0.1) is 0 Å². The normalized spacial score (nSPS) is 19.1. The molecule has 0 bridgehead atoms. The highest BCUT2D eigenvalue weighted by atomic mass is 15.2. The molecule has 1 atom stereocenters. The quantitative estimate of drug-likeness (QED) is 0.664. The van der Waals surface area contributed by atoms with E-state index in [0.717, 1.165) is 13.1 Å². The molecule has 1 unspecified atom stereocenters. The zero-order valence-electron chi connectivity index (χ0n) is 12.0. The van der Waals surface area contributed by atoms with Crippen molar-refractivity contribution in [2.75, 3.05) is 46.3 Å². The van der Waals surface area contributed by atoms with Gasteiger partial charge in [-0.3, -0.25) is 0 Å². The van der Waals surface area contributed by atoms with Crippen molar-refractivity contribution >= 4 is 0 Å². The number of likely N-dealkylation sites (tertiary alicyclic amines) is 1. The Morgan fingerprint density at radius 1 is 1.24 bits per heavy atom. The SMILES string of the molecule is CCCC(CNCC)N(C)CCN1CCCC1. The predicted molar refractivity (Wildman–Crippen MR) is 75.5 cm³/mol. The lowest BCUT2D eigenvalue weighted by Crippen LogP contribution is -2.43. The van der Waals surface area contributed by atoms with Gasteiger partial charge in [-0.05, 0) is 45.9 Å². The van der Waals surface area contributed by atoms with Crippen LogP contribution in [0.4, 0.5) is 0 Å². The lowest BCUT2D eigenvalue weighted by Gasteiger charge is -2.29. The molecule has 0 spiro atoms. The molecular formula is C14H31N3. The third-order valence-corrected chi connectivity index (χ3v) is 3.84. The Kier molecular flexibility index (Phi) is 7.82. The summed E-state index contributed by atoms with van der Waals surface area (Å²) in [7, 11) is 2.29. The van der Waals surface area contributed by atoms with Gasteiger partial charge in [-0.2, -0.15) is 0 Å². The Bertz CT molecular complexity index is 178. The van der Waals surface area contributed by atoms with Gasteiger partial charge in [-0.1, -0.05) is 20.3 Å². The summed E-state index contributed by atoms with van der Waals surface area (Å²) in [6.07, 6.45) is 5.40. The molecule has 1 aliphatic rings. The lowest BCUT2D eigenvalue weighted by atomic mass is 10.1. The summed E-state index contributed by atoms with van der Waals surface area (Å²) in [4.78, 5) is 5.15. The highest BCUT2D eigenvalue weighted by Crippen LogP contribution is 2.08. The number of rotatable bonds is 9. The zero-order valence-corrected chi connectivity index (χ0v) is 12.0. The maximum absolute atomic E-state index is 3.49. The fourth-order valence-electron chi connectivity index (χ4n) is 2.61. The van der Waals surface area contributed by atoms with Crippen molar-refractivity contribution in [3.05, 3.63) is 0 Å². The fourth-order valence-corrected chi connectivity index (χ4v) is 2.61. The minimum absolute atomic E-state index is 0.711. The number of hydrogen-bond donors (Lipinski definition) is 1. The monoisotopic (exact) mass is 241 g/mol. The van der Waals surface area contributed by atoms with Crippen LogP contribution in [0.25, 0.3) is 0 Å². The van der Waals surface area contributed by atoms with Crippen LogP contribution in [0.2, 0.25) is 0 Å². The third-order valence-electron chi connectivity index (χ3n) is 3.84. The molecule has 0 aromatic carbocycles. The van der Waals surface area contributed by atoms with Crippen LogP contribution < -0.4 is 5.32 Å².